The maximum Gasteiger partial charge on any atom is 0.417 e. The third-order valence-corrected chi connectivity index (χ3v) is 2.74. The molecule has 0 radical (unpaired) electrons. The summed E-state index contributed by atoms with van der Waals surface area (Å²) < 4.78 is 52.1. The van der Waals surface area contributed by atoms with Crippen molar-refractivity contribution in [3.63, 3.8) is 0 Å². The molecule has 0 bridgehead atoms. The lowest BCUT2D eigenvalue weighted by molar-refractivity contribution is -0.137. The van der Waals surface area contributed by atoms with Crippen molar-refractivity contribution in [2.24, 2.45) is 0 Å². The molecule has 20 heavy (non-hydrogen) atoms. The number of hydrogen-bond donors (Lipinski definition) is 0. The minimum atomic E-state index is -4.70. The van der Waals surface area contributed by atoms with Gasteiger partial charge in [0, 0.05) is 12.4 Å². The van der Waals surface area contributed by atoms with E-state index in [1.165, 1.54) is 12.1 Å². The standard InChI is InChI=1S/C14H9F4NO/c1-8-2-3-9(12(15)6-8)13(20)10-7-19-5-4-11(10)14(16,17)18/h2-7H,1H3. The number of aryl methyl sites for hydroxylation is 1. The number of hydrogen-bond acceptors (Lipinski definition) is 2. The first-order chi connectivity index (χ1) is 9.30. The predicted octanol–water partition coefficient (Wildman–Crippen LogP) is 3.78. The first-order valence-electron chi connectivity index (χ1n) is 5.63. The normalized spacial score (nSPS) is 11.4. The summed E-state index contributed by atoms with van der Waals surface area (Å²) in [5, 5.41) is 0. The molecule has 2 nitrogen and oxygen atoms in total. The third-order valence-electron chi connectivity index (χ3n) is 2.74. The summed E-state index contributed by atoms with van der Waals surface area (Å²) in [5.41, 5.74) is -1.63. The van der Waals surface area contributed by atoms with Crippen molar-refractivity contribution in [1.82, 2.24) is 4.98 Å². The Hall–Kier alpha value is -2.24. The van der Waals surface area contributed by atoms with E-state index < -0.39 is 34.5 Å². The molecule has 6 heteroatoms. The van der Waals surface area contributed by atoms with Crippen LogP contribution in [0.4, 0.5) is 17.6 Å². The summed E-state index contributed by atoms with van der Waals surface area (Å²) >= 11 is 0. The van der Waals surface area contributed by atoms with Gasteiger partial charge in [-0.15, -0.1) is 0 Å². The molecule has 104 valence electrons. The van der Waals surface area contributed by atoms with Crippen molar-refractivity contribution >= 4 is 5.78 Å². The number of alkyl halides is 3. The van der Waals surface area contributed by atoms with Crippen LogP contribution in [0.1, 0.15) is 27.0 Å². The molecule has 0 amide bonds. The van der Waals surface area contributed by atoms with Crippen molar-refractivity contribution in [3.8, 4) is 0 Å². The molecule has 0 aliphatic carbocycles. The largest absolute Gasteiger partial charge is 0.417 e. The van der Waals surface area contributed by atoms with E-state index in [0.29, 0.717) is 11.6 Å². The monoisotopic (exact) mass is 283 g/mol. The van der Waals surface area contributed by atoms with Crippen molar-refractivity contribution in [1.29, 1.82) is 0 Å². The molecule has 0 N–H and O–H groups in total. The van der Waals surface area contributed by atoms with Gasteiger partial charge in [0.1, 0.15) is 5.82 Å². The molecule has 2 aromatic rings. The van der Waals surface area contributed by atoms with Gasteiger partial charge in [0.15, 0.2) is 5.78 Å². The van der Waals surface area contributed by atoms with E-state index >= 15 is 0 Å². The van der Waals surface area contributed by atoms with Crippen molar-refractivity contribution in [3.05, 3.63) is 64.7 Å². The fraction of sp³-hybridized carbons (Fsp3) is 0.143. The van der Waals surface area contributed by atoms with E-state index in [-0.39, 0.29) is 0 Å². The van der Waals surface area contributed by atoms with Gasteiger partial charge in [-0.3, -0.25) is 9.78 Å². The zero-order chi connectivity index (χ0) is 14.9. The number of nitrogens with zero attached hydrogens (tertiary/aromatic N) is 1. The first kappa shape index (κ1) is 14.2. The summed E-state index contributed by atoms with van der Waals surface area (Å²) in [7, 11) is 0. The van der Waals surface area contributed by atoms with Crippen LogP contribution >= 0.6 is 0 Å². The van der Waals surface area contributed by atoms with E-state index in [0.717, 1.165) is 18.5 Å². The summed E-state index contributed by atoms with van der Waals surface area (Å²) in [6.45, 7) is 1.61. The Kier molecular flexibility index (Phi) is 3.57. The highest BCUT2D eigenvalue weighted by atomic mass is 19.4. The Labute approximate surface area is 112 Å². The van der Waals surface area contributed by atoms with Crippen LogP contribution in [0.15, 0.2) is 36.7 Å². The average molecular weight is 283 g/mol. The van der Waals surface area contributed by atoms with Gasteiger partial charge >= 0.3 is 6.18 Å². The number of aromatic nitrogens is 1. The molecule has 1 heterocycles. The van der Waals surface area contributed by atoms with Crippen LogP contribution in [0.25, 0.3) is 0 Å². The fourth-order valence-electron chi connectivity index (χ4n) is 1.77. The van der Waals surface area contributed by atoms with Crippen LogP contribution in [0.3, 0.4) is 0 Å². The Morgan fingerprint density at radius 1 is 1.15 bits per heavy atom. The van der Waals surface area contributed by atoms with Crippen molar-refractivity contribution in [2.75, 3.05) is 0 Å². The van der Waals surface area contributed by atoms with Crippen molar-refractivity contribution in [2.45, 2.75) is 13.1 Å². The zero-order valence-electron chi connectivity index (χ0n) is 10.3. The second-order valence-corrected chi connectivity index (χ2v) is 4.23. The first-order valence-corrected chi connectivity index (χ1v) is 5.63. The maximum atomic E-state index is 13.7. The predicted molar refractivity (Wildman–Crippen MR) is 63.8 cm³/mol. The fourth-order valence-corrected chi connectivity index (χ4v) is 1.77. The minimum absolute atomic E-state index is 0.408. The van der Waals surface area contributed by atoms with Gasteiger partial charge in [0.05, 0.1) is 16.7 Å². The highest BCUT2D eigenvalue weighted by Crippen LogP contribution is 2.32. The summed E-state index contributed by atoms with van der Waals surface area (Å²) in [5.74, 6) is -1.89. The molecule has 0 unspecified atom stereocenters. The summed E-state index contributed by atoms with van der Waals surface area (Å²) in [6.07, 6.45) is -2.97. The Morgan fingerprint density at radius 3 is 2.45 bits per heavy atom. The maximum absolute atomic E-state index is 13.7. The molecular weight excluding hydrogens is 274 g/mol. The van der Waals surface area contributed by atoms with E-state index in [4.69, 9.17) is 0 Å². The van der Waals surface area contributed by atoms with Crippen LogP contribution < -0.4 is 0 Å². The molecular formula is C14H9F4NO. The van der Waals surface area contributed by atoms with Gasteiger partial charge in [-0.25, -0.2) is 4.39 Å². The number of benzene rings is 1. The van der Waals surface area contributed by atoms with Gasteiger partial charge < -0.3 is 0 Å². The lowest BCUT2D eigenvalue weighted by atomic mass is 9.99. The molecule has 1 aromatic heterocycles. The van der Waals surface area contributed by atoms with Gasteiger partial charge in [-0.2, -0.15) is 13.2 Å². The van der Waals surface area contributed by atoms with Crippen LogP contribution in [-0.2, 0) is 6.18 Å². The van der Waals surface area contributed by atoms with Gasteiger partial charge in [0.25, 0.3) is 0 Å². The van der Waals surface area contributed by atoms with Crippen LogP contribution in [-0.4, -0.2) is 10.8 Å². The number of halogens is 4. The lowest BCUT2D eigenvalue weighted by Crippen LogP contribution is -2.15. The van der Waals surface area contributed by atoms with Crippen LogP contribution in [0, 0.1) is 12.7 Å². The molecule has 0 saturated heterocycles. The average Bonchev–Trinajstić information content (AvgIpc) is 2.37. The highest BCUT2D eigenvalue weighted by molar-refractivity contribution is 6.10. The summed E-state index contributed by atoms with van der Waals surface area (Å²) in [6, 6.07) is 4.41. The number of carbonyl (C=O) groups excluding carboxylic acids is 1. The number of ketones is 1. The smallest absolute Gasteiger partial charge is 0.288 e. The minimum Gasteiger partial charge on any atom is -0.288 e. The zero-order valence-corrected chi connectivity index (χ0v) is 10.3. The van der Waals surface area contributed by atoms with E-state index in [1.807, 2.05) is 0 Å². The molecule has 0 aliphatic heterocycles. The lowest BCUT2D eigenvalue weighted by Gasteiger charge is -2.11. The van der Waals surface area contributed by atoms with Gasteiger partial charge in [0.2, 0.25) is 0 Å². The second-order valence-electron chi connectivity index (χ2n) is 4.23. The molecule has 0 atom stereocenters. The van der Waals surface area contributed by atoms with Gasteiger partial charge in [-0.1, -0.05) is 6.07 Å². The Balaban J connectivity index is 2.55. The SMILES string of the molecule is Cc1ccc(C(=O)c2cnccc2C(F)(F)F)c(F)c1. The van der Waals surface area contributed by atoms with Crippen LogP contribution in [0.2, 0.25) is 0 Å². The topological polar surface area (TPSA) is 30.0 Å². The van der Waals surface area contributed by atoms with E-state index in [2.05, 4.69) is 4.98 Å². The molecule has 0 fully saturated rings. The number of pyridine rings is 1. The molecule has 0 aliphatic rings. The molecule has 1 aromatic carbocycles. The number of rotatable bonds is 2. The van der Waals surface area contributed by atoms with Crippen LogP contribution in [0.5, 0.6) is 0 Å². The second kappa shape index (κ2) is 5.03. The van der Waals surface area contributed by atoms with Gasteiger partial charge in [-0.05, 0) is 30.7 Å². The quantitative estimate of drug-likeness (QED) is 0.620. The third kappa shape index (κ3) is 2.68. The molecule has 0 spiro atoms. The van der Waals surface area contributed by atoms with E-state index in [1.54, 1.807) is 6.92 Å². The van der Waals surface area contributed by atoms with E-state index in [9.17, 15) is 22.4 Å². The Bertz CT molecular complexity index is 664. The highest BCUT2D eigenvalue weighted by Gasteiger charge is 2.35. The summed E-state index contributed by atoms with van der Waals surface area (Å²) in [4.78, 5) is 15.6. The molecule has 2 rings (SSSR count). The molecule has 0 saturated carbocycles. The number of carbonyl (C=O) groups is 1. The Morgan fingerprint density at radius 2 is 1.85 bits per heavy atom. The van der Waals surface area contributed by atoms with Crippen molar-refractivity contribution < 1.29 is 22.4 Å².